The number of carbonyl (C=O) groups excluding carboxylic acids is 1. The lowest BCUT2D eigenvalue weighted by atomic mass is 9.87. The van der Waals surface area contributed by atoms with Crippen molar-refractivity contribution >= 4 is 28.0 Å². The fourth-order valence-corrected chi connectivity index (χ4v) is 2.68. The molecule has 2 aromatic rings. The summed E-state index contributed by atoms with van der Waals surface area (Å²) >= 11 is 3.42. The molecule has 2 rings (SSSR count). The van der Waals surface area contributed by atoms with E-state index in [-0.39, 0.29) is 5.41 Å². The summed E-state index contributed by atoms with van der Waals surface area (Å²) in [5.74, 6) is 0.868. The third kappa shape index (κ3) is 4.96. The van der Waals surface area contributed by atoms with Gasteiger partial charge in [0.1, 0.15) is 11.5 Å². The molecule has 2 aromatic carbocycles. The van der Waals surface area contributed by atoms with Gasteiger partial charge < -0.3 is 9.47 Å². The fraction of sp³-hybridized carbons (Fsp3) is 0.250. The predicted octanol–water partition coefficient (Wildman–Crippen LogP) is 5.37. The lowest BCUT2D eigenvalue weighted by Gasteiger charge is -2.18. The van der Waals surface area contributed by atoms with Gasteiger partial charge in [0.25, 0.3) is 0 Å². The van der Waals surface area contributed by atoms with Crippen LogP contribution in [0, 0.1) is 0 Å². The Kier molecular flexibility index (Phi) is 5.84. The molecular weight excluding hydrogens is 368 g/mol. The van der Waals surface area contributed by atoms with Crippen molar-refractivity contribution in [3.05, 3.63) is 64.1 Å². The van der Waals surface area contributed by atoms with Gasteiger partial charge in [0.2, 0.25) is 0 Å². The van der Waals surface area contributed by atoms with E-state index in [2.05, 4.69) is 36.7 Å². The first-order valence-corrected chi connectivity index (χ1v) is 8.43. The number of halogens is 1. The molecule has 0 bridgehead atoms. The van der Waals surface area contributed by atoms with Crippen LogP contribution >= 0.6 is 15.9 Å². The van der Waals surface area contributed by atoms with Crippen molar-refractivity contribution in [3.8, 4) is 11.5 Å². The molecular formula is C20H21BrO3. The summed E-state index contributed by atoms with van der Waals surface area (Å²) in [6.45, 7) is 6.43. The van der Waals surface area contributed by atoms with Gasteiger partial charge in [0.05, 0.1) is 11.6 Å². The summed E-state index contributed by atoms with van der Waals surface area (Å²) in [7, 11) is 1.61. The minimum absolute atomic E-state index is 0.0736. The Hall–Kier alpha value is -2.07. The first-order valence-electron chi connectivity index (χ1n) is 7.63. The second kappa shape index (κ2) is 7.67. The maximum absolute atomic E-state index is 11.9. The number of methoxy groups -OCH3 is 1. The van der Waals surface area contributed by atoms with E-state index in [1.54, 1.807) is 13.2 Å². The molecule has 0 amide bonds. The molecule has 0 fully saturated rings. The Morgan fingerprint density at radius 3 is 2.29 bits per heavy atom. The van der Waals surface area contributed by atoms with Crippen LogP contribution in [0.3, 0.4) is 0 Å². The van der Waals surface area contributed by atoms with E-state index in [1.165, 1.54) is 11.6 Å². The Labute approximate surface area is 151 Å². The van der Waals surface area contributed by atoms with Crippen LogP contribution in [-0.2, 0) is 10.2 Å². The Morgan fingerprint density at radius 1 is 1.08 bits per heavy atom. The standard InChI is InChI=1S/C20H21BrO3/c1-20(2,3)15-7-9-16(10-8-15)24-19(22)12-6-14-5-11-18(23-4)17(21)13-14/h5-13H,1-4H3. The van der Waals surface area contributed by atoms with Gasteiger partial charge in [0.15, 0.2) is 0 Å². The number of hydrogen-bond donors (Lipinski definition) is 0. The van der Waals surface area contributed by atoms with Gasteiger partial charge in [0, 0.05) is 6.08 Å². The first kappa shape index (κ1) is 18.3. The van der Waals surface area contributed by atoms with Crippen LogP contribution in [-0.4, -0.2) is 13.1 Å². The summed E-state index contributed by atoms with van der Waals surface area (Å²) in [6, 6.07) is 13.2. The van der Waals surface area contributed by atoms with Crippen LogP contribution in [0.15, 0.2) is 53.0 Å². The zero-order chi connectivity index (χ0) is 17.7. The number of esters is 1. The molecule has 0 saturated carbocycles. The largest absolute Gasteiger partial charge is 0.496 e. The number of rotatable bonds is 4. The molecule has 4 heteroatoms. The molecule has 0 spiro atoms. The molecule has 0 aliphatic rings. The van der Waals surface area contributed by atoms with Gasteiger partial charge in [-0.15, -0.1) is 0 Å². The van der Waals surface area contributed by atoms with Gasteiger partial charge in [-0.1, -0.05) is 39.0 Å². The summed E-state index contributed by atoms with van der Waals surface area (Å²) in [5, 5.41) is 0. The van der Waals surface area contributed by atoms with E-state index >= 15 is 0 Å². The van der Waals surface area contributed by atoms with E-state index < -0.39 is 5.97 Å². The molecule has 126 valence electrons. The highest BCUT2D eigenvalue weighted by Gasteiger charge is 2.13. The normalized spacial score (nSPS) is 11.5. The van der Waals surface area contributed by atoms with E-state index in [0.29, 0.717) is 5.75 Å². The molecule has 0 aromatic heterocycles. The van der Waals surface area contributed by atoms with Crippen molar-refractivity contribution < 1.29 is 14.3 Å². The average molecular weight is 389 g/mol. The maximum Gasteiger partial charge on any atom is 0.336 e. The lowest BCUT2D eigenvalue weighted by Crippen LogP contribution is -2.11. The van der Waals surface area contributed by atoms with Crippen molar-refractivity contribution in [3.63, 3.8) is 0 Å². The average Bonchev–Trinajstić information content (AvgIpc) is 2.53. The number of benzene rings is 2. The van der Waals surface area contributed by atoms with Crippen LogP contribution in [0.5, 0.6) is 11.5 Å². The Bertz CT molecular complexity index is 740. The number of hydrogen-bond acceptors (Lipinski definition) is 3. The lowest BCUT2D eigenvalue weighted by molar-refractivity contribution is -0.128. The summed E-state index contributed by atoms with van der Waals surface area (Å²) in [4.78, 5) is 11.9. The van der Waals surface area contributed by atoms with Crippen molar-refractivity contribution in [2.24, 2.45) is 0 Å². The van der Waals surface area contributed by atoms with Gasteiger partial charge in [-0.05, 0) is 62.8 Å². The predicted molar refractivity (Wildman–Crippen MR) is 101 cm³/mol. The van der Waals surface area contributed by atoms with Crippen LogP contribution < -0.4 is 9.47 Å². The van der Waals surface area contributed by atoms with E-state index in [9.17, 15) is 4.79 Å². The van der Waals surface area contributed by atoms with Crippen LogP contribution in [0.1, 0.15) is 31.9 Å². The monoisotopic (exact) mass is 388 g/mol. The number of carbonyl (C=O) groups is 1. The maximum atomic E-state index is 11.9. The SMILES string of the molecule is COc1ccc(C=CC(=O)Oc2ccc(C(C)(C)C)cc2)cc1Br. The van der Waals surface area contributed by atoms with Crippen LogP contribution in [0.25, 0.3) is 6.08 Å². The van der Waals surface area contributed by atoms with Crippen LogP contribution in [0.4, 0.5) is 0 Å². The van der Waals surface area contributed by atoms with E-state index in [4.69, 9.17) is 9.47 Å². The van der Waals surface area contributed by atoms with Crippen molar-refractivity contribution in [2.45, 2.75) is 26.2 Å². The van der Waals surface area contributed by atoms with Gasteiger partial charge in [-0.25, -0.2) is 4.79 Å². The van der Waals surface area contributed by atoms with Crippen molar-refractivity contribution in [1.29, 1.82) is 0 Å². The molecule has 0 N–H and O–H groups in total. The second-order valence-electron chi connectivity index (χ2n) is 6.42. The van der Waals surface area contributed by atoms with Crippen LogP contribution in [0.2, 0.25) is 0 Å². The van der Waals surface area contributed by atoms with E-state index in [0.717, 1.165) is 15.8 Å². The molecule has 3 nitrogen and oxygen atoms in total. The minimum Gasteiger partial charge on any atom is -0.496 e. The fourth-order valence-electron chi connectivity index (χ4n) is 2.12. The van der Waals surface area contributed by atoms with Gasteiger partial charge in [-0.2, -0.15) is 0 Å². The first-order chi connectivity index (χ1) is 11.3. The zero-order valence-electron chi connectivity index (χ0n) is 14.3. The zero-order valence-corrected chi connectivity index (χ0v) is 15.9. The quantitative estimate of drug-likeness (QED) is 0.401. The molecule has 0 atom stereocenters. The highest BCUT2D eigenvalue weighted by molar-refractivity contribution is 9.10. The Balaban J connectivity index is 2.01. The summed E-state index contributed by atoms with van der Waals surface area (Å²) < 4.78 is 11.3. The smallest absolute Gasteiger partial charge is 0.336 e. The third-order valence-electron chi connectivity index (χ3n) is 3.53. The molecule has 0 heterocycles. The number of ether oxygens (including phenoxy) is 2. The molecule has 0 saturated heterocycles. The van der Waals surface area contributed by atoms with Gasteiger partial charge in [-0.3, -0.25) is 0 Å². The second-order valence-corrected chi connectivity index (χ2v) is 7.28. The third-order valence-corrected chi connectivity index (χ3v) is 4.15. The van der Waals surface area contributed by atoms with Crippen molar-refractivity contribution in [1.82, 2.24) is 0 Å². The highest BCUT2D eigenvalue weighted by Crippen LogP contribution is 2.26. The van der Waals surface area contributed by atoms with Crippen molar-refractivity contribution in [2.75, 3.05) is 7.11 Å². The summed E-state index contributed by atoms with van der Waals surface area (Å²) in [5.41, 5.74) is 2.15. The van der Waals surface area contributed by atoms with Gasteiger partial charge >= 0.3 is 5.97 Å². The summed E-state index contributed by atoms with van der Waals surface area (Å²) in [6.07, 6.45) is 3.11. The Morgan fingerprint density at radius 2 is 1.75 bits per heavy atom. The molecule has 24 heavy (non-hydrogen) atoms. The van der Waals surface area contributed by atoms with E-state index in [1.807, 2.05) is 42.5 Å². The molecule has 0 aliphatic heterocycles. The topological polar surface area (TPSA) is 35.5 Å². The molecule has 0 aliphatic carbocycles. The highest BCUT2D eigenvalue weighted by atomic mass is 79.9. The minimum atomic E-state index is -0.412. The molecule has 0 radical (unpaired) electrons. The molecule has 0 unspecified atom stereocenters.